The first-order valence-electron chi connectivity index (χ1n) is 10.1. The number of aromatic amines is 1. The first-order chi connectivity index (χ1) is 15.0. The summed E-state index contributed by atoms with van der Waals surface area (Å²) in [5.74, 6) is -1.19. The number of benzene rings is 2. The van der Waals surface area contributed by atoms with Gasteiger partial charge in [0.05, 0.1) is 18.8 Å². The van der Waals surface area contributed by atoms with Gasteiger partial charge in [-0.05, 0) is 37.3 Å². The monoisotopic (exact) mass is 421 g/mol. The molecular weight excluding hydrogens is 398 g/mol. The number of amides is 1. The van der Waals surface area contributed by atoms with Gasteiger partial charge in [-0.2, -0.15) is 0 Å². The Kier molecular flexibility index (Phi) is 5.99. The standard InChI is InChI=1S/C23H23N3O5/c1-15(31-23(29)19-14-21(27)25-20-5-3-2-4-18(19)20)22(28)24-16-6-8-17(9-7-16)26-10-12-30-13-11-26/h2-9,14-15H,10-13H2,1H3,(H,24,28)(H,25,27)/t15-/m0/s1. The fourth-order valence-corrected chi connectivity index (χ4v) is 3.47. The van der Waals surface area contributed by atoms with E-state index in [0.717, 1.165) is 18.8 Å². The molecule has 2 heterocycles. The van der Waals surface area contributed by atoms with Crippen molar-refractivity contribution >= 4 is 34.2 Å². The highest BCUT2D eigenvalue weighted by Gasteiger charge is 2.21. The van der Waals surface area contributed by atoms with Crippen molar-refractivity contribution in [3.63, 3.8) is 0 Å². The minimum absolute atomic E-state index is 0.119. The first-order valence-corrected chi connectivity index (χ1v) is 10.1. The van der Waals surface area contributed by atoms with Gasteiger partial charge in [-0.25, -0.2) is 4.79 Å². The van der Waals surface area contributed by atoms with Crippen LogP contribution in [0.4, 0.5) is 11.4 Å². The maximum Gasteiger partial charge on any atom is 0.339 e. The van der Waals surface area contributed by atoms with Crippen LogP contribution in [0.1, 0.15) is 17.3 Å². The van der Waals surface area contributed by atoms with Gasteiger partial charge in [0.25, 0.3) is 5.91 Å². The lowest BCUT2D eigenvalue weighted by Gasteiger charge is -2.28. The number of anilines is 2. The normalized spacial score (nSPS) is 14.8. The van der Waals surface area contributed by atoms with E-state index in [1.807, 2.05) is 24.3 Å². The van der Waals surface area contributed by atoms with Crippen LogP contribution in [0.5, 0.6) is 0 Å². The second-order valence-corrected chi connectivity index (χ2v) is 7.28. The lowest BCUT2D eigenvalue weighted by molar-refractivity contribution is -0.123. The van der Waals surface area contributed by atoms with Gasteiger partial charge >= 0.3 is 5.97 Å². The number of fused-ring (bicyclic) bond motifs is 1. The average Bonchev–Trinajstić information content (AvgIpc) is 2.79. The molecule has 1 saturated heterocycles. The summed E-state index contributed by atoms with van der Waals surface area (Å²) in [5, 5.41) is 3.30. The zero-order chi connectivity index (χ0) is 21.8. The first kappa shape index (κ1) is 20.6. The van der Waals surface area contributed by atoms with Crippen LogP contribution in [0.15, 0.2) is 59.4 Å². The fraction of sp³-hybridized carbons (Fsp3) is 0.261. The Morgan fingerprint density at radius 2 is 1.81 bits per heavy atom. The maximum absolute atomic E-state index is 12.6. The van der Waals surface area contributed by atoms with Crippen molar-refractivity contribution < 1.29 is 19.1 Å². The summed E-state index contributed by atoms with van der Waals surface area (Å²) in [6.45, 7) is 4.55. The highest BCUT2D eigenvalue weighted by atomic mass is 16.5. The van der Waals surface area contributed by atoms with Crippen molar-refractivity contribution in [2.45, 2.75) is 13.0 Å². The molecule has 8 heteroatoms. The SMILES string of the molecule is C[C@H](OC(=O)c1cc(=O)[nH]c2ccccc12)C(=O)Nc1ccc(N2CCOCC2)cc1. The third kappa shape index (κ3) is 4.75. The summed E-state index contributed by atoms with van der Waals surface area (Å²) in [6, 6.07) is 15.6. The minimum Gasteiger partial charge on any atom is -0.449 e. The van der Waals surface area contributed by atoms with Gasteiger partial charge in [0.1, 0.15) is 0 Å². The van der Waals surface area contributed by atoms with Gasteiger partial charge in [0, 0.05) is 41.4 Å². The molecule has 0 radical (unpaired) electrons. The summed E-state index contributed by atoms with van der Waals surface area (Å²) in [4.78, 5) is 41.9. The lowest BCUT2D eigenvalue weighted by atomic mass is 10.1. The molecule has 1 aliphatic heterocycles. The van der Waals surface area contributed by atoms with Gasteiger partial charge in [0.15, 0.2) is 6.10 Å². The number of hydrogen-bond acceptors (Lipinski definition) is 6. The Hall–Kier alpha value is -3.65. The van der Waals surface area contributed by atoms with Crippen LogP contribution < -0.4 is 15.8 Å². The van der Waals surface area contributed by atoms with E-state index in [0.29, 0.717) is 29.8 Å². The topological polar surface area (TPSA) is 101 Å². The predicted octanol–water partition coefficient (Wildman–Crippen LogP) is 2.55. The fourth-order valence-electron chi connectivity index (χ4n) is 3.47. The smallest absolute Gasteiger partial charge is 0.339 e. The van der Waals surface area contributed by atoms with Crippen LogP contribution in [-0.2, 0) is 14.3 Å². The van der Waals surface area contributed by atoms with Gasteiger partial charge < -0.3 is 24.7 Å². The van der Waals surface area contributed by atoms with Gasteiger partial charge in [0.2, 0.25) is 5.56 Å². The lowest BCUT2D eigenvalue weighted by Crippen LogP contribution is -2.36. The van der Waals surface area contributed by atoms with Crippen molar-refractivity contribution in [2.75, 3.05) is 36.5 Å². The number of pyridine rings is 1. The highest BCUT2D eigenvalue weighted by molar-refractivity contribution is 6.04. The third-order valence-electron chi connectivity index (χ3n) is 5.13. The maximum atomic E-state index is 12.6. The zero-order valence-corrected chi connectivity index (χ0v) is 17.1. The summed E-state index contributed by atoms with van der Waals surface area (Å²) in [6.07, 6.45) is -1.04. The Labute approximate surface area is 178 Å². The molecule has 4 rings (SSSR count). The molecule has 2 N–H and O–H groups in total. The van der Waals surface area contributed by atoms with E-state index >= 15 is 0 Å². The molecule has 1 aliphatic rings. The molecule has 8 nitrogen and oxygen atoms in total. The Morgan fingerprint density at radius 3 is 2.55 bits per heavy atom. The molecular formula is C23H23N3O5. The third-order valence-corrected chi connectivity index (χ3v) is 5.13. The van der Waals surface area contributed by atoms with Crippen LogP contribution in [0, 0.1) is 0 Å². The van der Waals surface area contributed by atoms with Crippen molar-refractivity contribution in [1.29, 1.82) is 0 Å². The second-order valence-electron chi connectivity index (χ2n) is 7.28. The van der Waals surface area contributed by atoms with Gasteiger partial charge in [-0.3, -0.25) is 9.59 Å². The molecule has 2 aromatic carbocycles. The van der Waals surface area contributed by atoms with Gasteiger partial charge in [-0.1, -0.05) is 18.2 Å². The molecule has 0 spiro atoms. The number of carbonyl (C=O) groups excluding carboxylic acids is 2. The van der Waals surface area contributed by atoms with E-state index < -0.39 is 23.5 Å². The Bertz CT molecular complexity index is 1150. The predicted molar refractivity (Wildman–Crippen MR) is 118 cm³/mol. The molecule has 1 aromatic heterocycles. The van der Waals surface area contributed by atoms with Crippen LogP contribution in [-0.4, -0.2) is 49.3 Å². The average molecular weight is 421 g/mol. The molecule has 3 aromatic rings. The molecule has 160 valence electrons. The Balaban J connectivity index is 1.41. The molecule has 1 atom stereocenters. The van der Waals surface area contributed by atoms with E-state index in [9.17, 15) is 14.4 Å². The minimum atomic E-state index is -1.04. The number of esters is 1. The van der Waals surface area contributed by atoms with E-state index in [1.165, 1.54) is 13.0 Å². The number of aromatic nitrogens is 1. The number of nitrogens with zero attached hydrogens (tertiary/aromatic N) is 1. The molecule has 0 unspecified atom stereocenters. The van der Waals surface area contributed by atoms with Crippen LogP contribution in [0.3, 0.4) is 0 Å². The van der Waals surface area contributed by atoms with E-state index in [1.54, 1.807) is 24.3 Å². The number of carbonyl (C=O) groups is 2. The number of nitrogens with one attached hydrogen (secondary N) is 2. The molecule has 1 amide bonds. The zero-order valence-electron chi connectivity index (χ0n) is 17.1. The van der Waals surface area contributed by atoms with Crippen molar-refractivity contribution in [1.82, 2.24) is 4.98 Å². The number of morpholine rings is 1. The summed E-state index contributed by atoms with van der Waals surface area (Å²) in [7, 11) is 0. The summed E-state index contributed by atoms with van der Waals surface area (Å²) < 4.78 is 10.7. The Morgan fingerprint density at radius 1 is 1.10 bits per heavy atom. The van der Waals surface area contributed by atoms with Crippen LogP contribution >= 0.6 is 0 Å². The largest absolute Gasteiger partial charge is 0.449 e. The number of H-pyrrole nitrogens is 1. The second kappa shape index (κ2) is 9.01. The molecule has 31 heavy (non-hydrogen) atoms. The van der Waals surface area contributed by atoms with Crippen molar-refractivity contribution in [3.05, 3.63) is 70.5 Å². The number of ether oxygens (including phenoxy) is 2. The van der Waals surface area contributed by atoms with E-state index in [2.05, 4.69) is 15.2 Å². The van der Waals surface area contributed by atoms with Crippen LogP contribution in [0.25, 0.3) is 10.9 Å². The summed E-state index contributed by atoms with van der Waals surface area (Å²) >= 11 is 0. The van der Waals surface area contributed by atoms with Gasteiger partial charge in [-0.15, -0.1) is 0 Å². The van der Waals surface area contributed by atoms with E-state index in [-0.39, 0.29) is 5.56 Å². The molecule has 0 aliphatic carbocycles. The molecule has 1 fully saturated rings. The number of para-hydroxylation sites is 1. The van der Waals surface area contributed by atoms with E-state index in [4.69, 9.17) is 9.47 Å². The number of hydrogen-bond donors (Lipinski definition) is 2. The molecule has 0 saturated carbocycles. The number of rotatable bonds is 5. The highest BCUT2D eigenvalue weighted by Crippen LogP contribution is 2.20. The quantitative estimate of drug-likeness (QED) is 0.614. The summed E-state index contributed by atoms with van der Waals surface area (Å²) in [5.41, 5.74) is 1.89. The molecule has 0 bridgehead atoms. The van der Waals surface area contributed by atoms with Crippen LogP contribution in [0.2, 0.25) is 0 Å². The van der Waals surface area contributed by atoms with Crippen molar-refractivity contribution in [3.8, 4) is 0 Å². The van der Waals surface area contributed by atoms with Crippen molar-refractivity contribution in [2.24, 2.45) is 0 Å².